The minimum atomic E-state index is -0.647. The van der Waals surface area contributed by atoms with Crippen molar-refractivity contribution in [2.75, 3.05) is 25.5 Å². The van der Waals surface area contributed by atoms with Gasteiger partial charge in [0.25, 0.3) is 0 Å². The highest BCUT2D eigenvalue weighted by Crippen LogP contribution is 1.78. The first-order valence-corrected chi connectivity index (χ1v) is 4.74. The molecule has 0 unspecified atom stereocenters. The van der Waals surface area contributed by atoms with Gasteiger partial charge < -0.3 is 15.8 Å². The Balaban J connectivity index is 3.40. The van der Waals surface area contributed by atoms with E-state index in [1.807, 2.05) is 0 Å². The second-order valence-corrected chi connectivity index (χ2v) is 2.81. The van der Waals surface area contributed by atoms with Gasteiger partial charge in [-0.25, -0.2) is 0 Å². The summed E-state index contributed by atoms with van der Waals surface area (Å²) in [5.41, 5.74) is 4.80. The van der Waals surface area contributed by atoms with E-state index in [1.54, 1.807) is 0 Å². The maximum Gasteiger partial charge on any atom is 0.244 e. The number of nitrogens with two attached hydrogens (primary N) is 1. The summed E-state index contributed by atoms with van der Waals surface area (Å²) in [6, 6.07) is 0. The summed E-state index contributed by atoms with van der Waals surface area (Å²) in [7, 11) is 0. The average molecular weight is 218 g/mol. The van der Waals surface area contributed by atoms with Crippen molar-refractivity contribution in [1.82, 2.24) is 5.32 Å². The Morgan fingerprint density at radius 1 is 1.36 bits per heavy atom. The van der Waals surface area contributed by atoms with E-state index in [4.69, 9.17) is 10.5 Å². The molecule has 2 amide bonds. The van der Waals surface area contributed by atoms with Gasteiger partial charge >= 0.3 is 0 Å². The third kappa shape index (κ3) is 9.08. The van der Waals surface area contributed by atoms with Gasteiger partial charge in [-0.2, -0.15) is 12.6 Å². The zero-order valence-electron chi connectivity index (χ0n) is 7.73. The van der Waals surface area contributed by atoms with Crippen molar-refractivity contribution in [3.05, 3.63) is 12.2 Å². The number of hydrogen-bond acceptors (Lipinski definition) is 4. The molecule has 0 saturated carbocycles. The number of nitrogens with one attached hydrogen (secondary N) is 1. The number of carbonyl (C=O) groups excluding carboxylic acids is 2. The van der Waals surface area contributed by atoms with Crippen LogP contribution in [-0.4, -0.2) is 37.3 Å². The third-order valence-electron chi connectivity index (χ3n) is 1.18. The molecule has 0 aromatic carbocycles. The predicted molar refractivity (Wildman–Crippen MR) is 56.0 cm³/mol. The van der Waals surface area contributed by atoms with Crippen molar-refractivity contribution in [2.45, 2.75) is 0 Å². The second-order valence-electron chi connectivity index (χ2n) is 2.36. The van der Waals surface area contributed by atoms with Gasteiger partial charge in [0.1, 0.15) is 0 Å². The highest BCUT2D eigenvalue weighted by molar-refractivity contribution is 7.80. The Morgan fingerprint density at radius 2 is 2.07 bits per heavy atom. The van der Waals surface area contributed by atoms with Gasteiger partial charge in [0.15, 0.2) is 0 Å². The fourth-order valence-corrected chi connectivity index (χ4v) is 0.759. The number of hydrogen-bond donors (Lipinski definition) is 3. The van der Waals surface area contributed by atoms with Gasteiger partial charge in [-0.15, -0.1) is 0 Å². The van der Waals surface area contributed by atoms with E-state index in [0.717, 1.165) is 12.2 Å². The van der Waals surface area contributed by atoms with Crippen LogP contribution in [0.5, 0.6) is 0 Å². The van der Waals surface area contributed by atoms with E-state index in [-0.39, 0.29) is 5.91 Å². The first-order valence-electron chi connectivity index (χ1n) is 4.10. The van der Waals surface area contributed by atoms with Crippen LogP contribution in [0.2, 0.25) is 0 Å². The Morgan fingerprint density at radius 3 is 2.64 bits per heavy atom. The molecule has 0 saturated heterocycles. The van der Waals surface area contributed by atoms with Gasteiger partial charge in [0, 0.05) is 24.4 Å². The van der Waals surface area contributed by atoms with Crippen LogP contribution in [0.3, 0.4) is 0 Å². The summed E-state index contributed by atoms with van der Waals surface area (Å²) in [5, 5.41) is 2.51. The lowest BCUT2D eigenvalue weighted by molar-refractivity contribution is -0.117. The standard InChI is InChI=1S/C8H14N2O3S/c9-7(11)1-2-8(12)10-3-4-13-5-6-14/h1-2,14H,3-6H2,(H2,9,11)(H,10,12)/b2-1+. The van der Waals surface area contributed by atoms with Gasteiger partial charge in [0.05, 0.1) is 13.2 Å². The SMILES string of the molecule is NC(=O)/C=C/C(=O)NCCOCCS. The molecule has 0 rings (SSSR count). The summed E-state index contributed by atoms with van der Waals surface area (Å²) in [4.78, 5) is 21.1. The lowest BCUT2D eigenvalue weighted by Crippen LogP contribution is -2.26. The van der Waals surface area contributed by atoms with Crippen LogP contribution >= 0.6 is 12.6 Å². The monoisotopic (exact) mass is 218 g/mol. The Kier molecular flexibility index (Phi) is 7.96. The van der Waals surface area contributed by atoms with Crippen molar-refractivity contribution < 1.29 is 14.3 Å². The maximum atomic E-state index is 10.9. The van der Waals surface area contributed by atoms with E-state index < -0.39 is 5.91 Å². The molecule has 3 N–H and O–H groups in total. The lowest BCUT2D eigenvalue weighted by atomic mass is 10.4. The highest BCUT2D eigenvalue weighted by atomic mass is 32.1. The molecule has 0 aliphatic rings. The van der Waals surface area contributed by atoms with Crippen molar-refractivity contribution >= 4 is 24.4 Å². The van der Waals surface area contributed by atoms with Gasteiger partial charge in [-0.1, -0.05) is 0 Å². The van der Waals surface area contributed by atoms with Gasteiger partial charge in [-0.3, -0.25) is 9.59 Å². The zero-order chi connectivity index (χ0) is 10.8. The molecule has 0 aliphatic heterocycles. The molecule has 0 aromatic heterocycles. The maximum absolute atomic E-state index is 10.9. The molecule has 80 valence electrons. The summed E-state index contributed by atoms with van der Waals surface area (Å²) >= 11 is 3.94. The van der Waals surface area contributed by atoms with E-state index in [9.17, 15) is 9.59 Å². The van der Waals surface area contributed by atoms with Crippen molar-refractivity contribution in [1.29, 1.82) is 0 Å². The predicted octanol–water partition coefficient (Wildman–Crippen LogP) is -0.909. The summed E-state index contributed by atoms with van der Waals surface area (Å²) < 4.78 is 5.05. The van der Waals surface area contributed by atoms with Gasteiger partial charge in [-0.05, 0) is 0 Å². The molecular weight excluding hydrogens is 204 g/mol. The van der Waals surface area contributed by atoms with Crippen LogP contribution in [0.25, 0.3) is 0 Å². The molecule has 6 heteroatoms. The van der Waals surface area contributed by atoms with Crippen LogP contribution < -0.4 is 11.1 Å². The largest absolute Gasteiger partial charge is 0.379 e. The first-order chi connectivity index (χ1) is 6.66. The minimum Gasteiger partial charge on any atom is -0.379 e. The zero-order valence-corrected chi connectivity index (χ0v) is 8.63. The molecule has 0 spiro atoms. The molecular formula is C8H14N2O3S. The fourth-order valence-electron chi connectivity index (χ4n) is 0.630. The number of carbonyl (C=O) groups is 2. The van der Waals surface area contributed by atoms with E-state index in [1.165, 1.54) is 0 Å². The smallest absolute Gasteiger partial charge is 0.244 e. The molecule has 0 fully saturated rings. The number of primary amides is 1. The molecule has 0 bridgehead atoms. The minimum absolute atomic E-state index is 0.363. The number of thiol groups is 1. The highest BCUT2D eigenvalue weighted by Gasteiger charge is 1.94. The van der Waals surface area contributed by atoms with Crippen molar-refractivity contribution in [3.63, 3.8) is 0 Å². The van der Waals surface area contributed by atoms with Crippen LogP contribution in [-0.2, 0) is 14.3 Å². The molecule has 0 aromatic rings. The van der Waals surface area contributed by atoms with E-state index in [0.29, 0.717) is 25.5 Å². The van der Waals surface area contributed by atoms with Crippen LogP contribution in [0, 0.1) is 0 Å². The molecule has 5 nitrogen and oxygen atoms in total. The molecule has 0 radical (unpaired) electrons. The second kappa shape index (κ2) is 8.58. The Bertz CT molecular complexity index is 219. The third-order valence-corrected chi connectivity index (χ3v) is 1.36. The van der Waals surface area contributed by atoms with Crippen LogP contribution in [0.15, 0.2) is 12.2 Å². The quantitative estimate of drug-likeness (QED) is 0.294. The van der Waals surface area contributed by atoms with Gasteiger partial charge in [0.2, 0.25) is 11.8 Å². The normalized spacial score (nSPS) is 10.4. The van der Waals surface area contributed by atoms with E-state index in [2.05, 4.69) is 17.9 Å². The van der Waals surface area contributed by atoms with Crippen LogP contribution in [0.1, 0.15) is 0 Å². The number of ether oxygens (including phenoxy) is 1. The van der Waals surface area contributed by atoms with E-state index >= 15 is 0 Å². The molecule has 0 aliphatic carbocycles. The number of amides is 2. The average Bonchev–Trinajstić information content (AvgIpc) is 2.14. The summed E-state index contributed by atoms with van der Waals surface area (Å²) in [5.74, 6) is -0.361. The molecule has 0 heterocycles. The Hall–Kier alpha value is -1.01. The Labute approximate surface area is 88.1 Å². The first kappa shape index (κ1) is 13.0. The van der Waals surface area contributed by atoms with Crippen molar-refractivity contribution in [3.8, 4) is 0 Å². The molecule has 0 atom stereocenters. The lowest BCUT2D eigenvalue weighted by Gasteiger charge is -2.02. The topological polar surface area (TPSA) is 81.4 Å². The summed E-state index contributed by atoms with van der Waals surface area (Å²) in [6.07, 6.45) is 2.09. The van der Waals surface area contributed by atoms with Crippen molar-refractivity contribution in [2.24, 2.45) is 5.73 Å². The summed E-state index contributed by atoms with van der Waals surface area (Å²) in [6.45, 7) is 1.38. The fraction of sp³-hybridized carbons (Fsp3) is 0.500. The van der Waals surface area contributed by atoms with Crippen LogP contribution in [0.4, 0.5) is 0 Å². The molecule has 14 heavy (non-hydrogen) atoms. The number of rotatable bonds is 7.